The molecule has 2 aromatic carbocycles. The summed E-state index contributed by atoms with van der Waals surface area (Å²) < 4.78 is 64.7. The first-order chi connectivity index (χ1) is 11.7. The molecule has 0 saturated heterocycles. The third-order valence-electron chi connectivity index (χ3n) is 4.38. The van der Waals surface area contributed by atoms with Crippen molar-refractivity contribution in [1.29, 1.82) is 0 Å². The smallest absolute Gasteiger partial charge is 0.225 e. The molecule has 25 heavy (non-hydrogen) atoms. The van der Waals surface area contributed by atoms with Crippen LogP contribution in [0.1, 0.15) is 36.0 Å². The first kappa shape index (κ1) is 17.7. The molecule has 0 saturated carbocycles. The van der Waals surface area contributed by atoms with Gasteiger partial charge in [-0.3, -0.25) is 0 Å². The van der Waals surface area contributed by atoms with E-state index in [1.165, 1.54) is 6.07 Å². The van der Waals surface area contributed by atoms with Gasteiger partial charge in [0.1, 0.15) is 22.3 Å². The van der Waals surface area contributed by atoms with Gasteiger partial charge in [-0.25, -0.2) is 26.7 Å². The van der Waals surface area contributed by atoms with Crippen molar-refractivity contribution in [2.75, 3.05) is 0 Å². The van der Waals surface area contributed by atoms with Crippen LogP contribution in [-0.4, -0.2) is 8.42 Å². The van der Waals surface area contributed by atoms with Crippen LogP contribution in [-0.2, 0) is 10.0 Å². The van der Waals surface area contributed by atoms with Gasteiger partial charge in [-0.2, -0.15) is 0 Å². The van der Waals surface area contributed by atoms with Crippen LogP contribution in [0.4, 0.5) is 13.2 Å². The molecule has 0 radical (unpaired) electrons. The van der Waals surface area contributed by atoms with Gasteiger partial charge in [0.15, 0.2) is 0 Å². The van der Waals surface area contributed by atoms with E-state index in [1.54, 1.807) is 19.1 Å². The monoisotopic (exact) mass is 367 g/mol. The predicted octanol–water partition coefficient (Wildman–Crippen LogP) is 4.15. The van der Waals surface area contributed by atoms with Crippen molar-refractivity contribution in [2.45, 2.75) is 31.1 Å². The van der Waals surface area contributed by atoms with E-state index < -0.39 is 26.6 Å². The van der Waals surface area contributed by atoms with Crippen LogP contribution in [0.5, 0.6) is 0 Å². The topological polar surface area (TPSA) is 60.2 Å². The fourth-order valence-electron chi connectivity index (χ4n) is 3.17. The lowest BCUT2D eigenvalue weighted by Gasteiger charge is -2.12. The van der Waals surface area contributed by atoms with Crippen molar-refractivity contribution in [1.82, 2.24) is 0 Å². The molecular weight excluding hydrogens is 351 g/mol. The van der Waals surface area contributed by atoms with Gasteiger partial charge in [-0.05, 0) is 72.7 Å². The number of hydrogen-bond donors (Lipinski definition) is 1. The fraction of sp³-hybridized carbons (Fsp3) is 0.222. The van der Waals surface area contributed by atoms with Crippen LogP contribution in [0, 0.1) is 24.4 Å². The normalized spacial score (nSPS) is 15.1. The molecule has 2 N–H and O–H groups in total. The summed E-state index contributed by atoms with van der Waals surface area (Å²) >= 11 is 0. The average Bonchev–Trinajstić information content (AvgIpc) is 3.00. The van der Waals surface area contributed by atoms with Gasteiger partial charge < -0.3 is 0 Å². The zero-order valence-corrected chi connectivity index (χ0v) is 14.3. The summed E-state index contributed by atoms with van der Waals surface area (Å²) in [5.74, 6) is -2.27. The summed E-state index contributed by atoms with van der Waals surface area (Å²) in [6, 6.07) is 6.10. The van der Waals surface area contributed by atoms with Crippen molar-refractivity contribution in [3.05, 3.63) is 64.5 Å². The standard InChI is InChI=1S/C18H16F3NO2S/c1-10-7-11(5-6-15(10)19)12-3-2-4-13(12)14-8-17(21)18(9-16(14)20)25(22,23)24/h5-9H,2-4H2,1H3,(H2,22,23,24). The van der Waals surface area contributed by atoms with Gasteiger partial charge >= 0.3 is 0 Å². The lowest BCUT2D eigenvalue weighted by atomic mass is 9.95. The Kier molecular flexibility index (Phi) is 4.47. The Balaban J connectivity index is 2.17. The highest BCUT2D eigenvalue weighted by Gasteiger charge is 2.24. The van der Waals surface area contributed by atoms with Crippen molar-refractivity contribution in [3.8, 4) is 0 Å². The molecule has 0 heterocycles. The molecule has 0 unspecified atom stereocenters. The minimum Gasteiger partial charge on any atom is -0.225 e. The number of aryl methyl sites for hydroxylation is 1. The summed E-state index contributed by atoms with van der Waals surface area (Å²) in [6.45, 7) is 1.63. The number of sulfonamides is 1. The third-order valence-corrected chi connectivity index (χ3v) is 5.30. The Morgan fingerprint density at radius 2 is 1.60 bits per heavy atom. The Morgan fingerprint density at radius 3 is 2.24 bits per heavy atom. The highest BCUT2D eigenvalue weighted by molar-refractivity contribution is 7.89. The SMILES string of the molecule is Cc1cc(C2=C(c3cc(F)c(S(N)(=O)=O)cc3F)CCC2)ccc1F. The lowest BCUT2D eigenvalue weighted by Crippen LogP contribution is -2.15. The third kappa shape index (κ3) is 3.34. The molecule has 0 fully saturated rings. The minimum absolute atomic E-state index is 0.0133. The van der Waals surface area contributed by atoms with Crippen LogP contribution < -0.4 is 5.14 Å². The van der Waals surface area contributed by atoms with E-state index in [4.69, 9.17) is 5.14 Å². The van der Waals surface area contributed by atoms with Crippen LogP contribution in [0.3, 0.4) is 0 Å². The number of allylic oxidation sites excluding steroid dienone is 2. The summed E-state index contributed by atoms with van der Waals surface area (Å²) in [6.07, 6.45) is 1.92. The Morgan fingerprint density at radius 1 is 0.920 bits per heavy atom. The number of primary sulfonamides is 1. The molecule has 0 aromatic heterocycles. The fourth-order valence-corrected chi connectivity index (χ4v) is 3.77. The number of halogens is 3. The van der Waals surface area contributed by atoms with Gasteiger partial charge in [0.2, 0.25) is 10.0 Å². The summed E-state index contributed by atoms with van der Waals surface area (Å²) in [4.78, 5) is -0.869. The number of benzene rings is 2. The highest BCUT2D eigenvalue weighted by Crippen LogP contribution is 2.41. The van der Waals surface area contributed by atoms with Crippen molar-refractivity contribution < 1.29 is 21.6 Å². The van der Waals surface area contributed by atoms with Crippen LogP contribution >= 0.6 is 0 Å². The Bertz CT molecular complexity index is 998. The summed E-state index contributed by atoms with van der Waals surface area (Å²) in [7, 11) is -4.35. The van der Waals surface area contributed by atoms with Gasteiger partial charge in [-0.1, -0.05) is 6.07 Å². The van der Waals surface area contributed by atoms with E-state index in [9.17, 15) is 21.6 Å². The Hall–Kier alpha value is -2.12. The first-order valence-corrected chi connectivity index (χ1v) is 9.24. The van der Waals surface area contributed by atoms with E-state index in [0.717, 1.165) is 23.6 Å². The molecule has 132 valence electrons. The molecule has 0 amide bonds. The zero-order valence-electron chi connectivity index (χ0n) is 13.4. The second-order valence-corrected chi connectivity index (χ2v) is 7.61. The largest absolute Gasteiger partial charge is 0.241 e. The van der Waals surface area contributed by atoms with Gasteiger partial charge in [0.05, 0.1) is 0 Å². The first-order valence-electron chi connectivity index (χ1n) is 7.69. The van der Waals surface area contributed by atoms with Crippen LogP contribution in [0.15, 0.2) is 35.2 Å². The van der Waals surface area contributed by atoms with Crippen molar-refractivity contribution in [2.24, 2.45) is 5.14 Å². The molecule has 3 nitrogen and oxygen atoms in total. The Labute approximate surface area is 144 Å². The number of nitrogens with two attached hydrogens (primary N) is 1. The number of hydrogen-bond acceptors (Lipinski definition) is 2. The highest BCUT2D eigenvalue weighted by atomic mass is 32.2. The molecule has 0 spiro atoms. The van der Waals surface area contributed by atoms with E-state index in [1.807, 2.05) is 0 Å². The zero-order chi connectivity index (χ0) is 18.4. The maximum Gasteiger partial charge on any atom is 0.241 e. The molecular formula is C18H16F3NO2S. The van der Waals surface area contributed by atoms with E-state index >= 15 is 0 Å². The number of rotatable bonds is 3. The summed E-state index contributed by atoms with van der Waals surface area (Å²) in [5, 5.41) is 4.90. The molecule has 7 heteroatoms. The second kappa shape index (κ2) is 6.31. The molecule has 2 aromatic rings. The van der Waals surface area contributed by atoms with Crippen LogP contribution in [0.2, 0.25) is 0 Å². The van der Waals surface area contributed by atoms with E-state index in [2.05, 4.69) is 0 Å². The average molecular weight is 367 g/mol. The van der Waals surface area contributed by atoms with Crippen LogP contribution in [0.25, 0.3) is 11.1 Å². The van der Waals surface area contributed by atoms with E-state index in [-0.39, 0.29) is 11.4 Å². The predicted molar refractivity (Wildman–Crippen MR) is 89.5 cm³/mol. The second-order valence-electron chi connectivity index (χ2n) is 6.08. The molecule has 1 aliphatic rings. The minimum atomic E-state index is -4.35. The molecule has 0 aliphatic heterocycles. The summed E-state index contributed by atoms with van der Waals surface area (Å²) in [5.41, 5.74) is 2.64. The maximum absolute atomic E-state index is 14.5. The van der Waals surface area contributed by atoms with Gasteiger partial charge in [0, 0.05) is 5.56 Å². The van der Waals surface area contributed by atoms with Gasteiger partial charge in [-0.15, -0.1) is 0 Å². The lowest BCUT2D eigenvalue weighted by molar-refractivity contribution is 0.552. The molecule has 0 bridgehead atoms. The van der Waals surface area contributed by atoms with Crippen molar-refractivity contribution >= 4 is 21.2 Å². The van der Waals surface area contributed by atoms with Gasteiger partial charge in [0.25, 0.3) is 0 Å². The molecule has 3 rings (SSSR count). The van der Waals surface area contributed by atoms with E-state index in [0.29, 0.717) is 30.0 Å². The quantitative estimate of drug-likeness (QED) is 0.886. The molecule has 0 atom stereocenters. The van der Waals surface area contributed by atoms with Crippen molar-refractivity contribution in [3.63, 3.8) is 0 Å². The maximum atomic E-state index is 14.5. The molecule has 1 aliphatic carbocycles.